The lowest BCUT2D eigenvalue weighted by atomic mass is 10.1. The normalized spacial score (nSPS) is 11.5. The molecule has 0 aliphatic carbocycles. The quantitative estimate of drug-likeness (QED) is 0.751. The molecule has 1 amide bonds. The Hall–Kier alpha value is -2.61. The Morgan fingerprint density at radius 1 is 1.24 bits per heavy atom. The lowest BCUT2D eigenvalue weighted by Gasteiger charge is -2.09. The van der Waals surface area contributed by atoms with Crippen LogP contribution in [0.5, 0.6) is 5.75 Å². The molecular weight excluding hydrogens is 353 g/mol. The van der Waals surface area contributed by atoms with Crippen LogP contribution in [0.3, 0.4) is 0 Å². The van der Waals surface area contributed by atoms with Crippen LogP contribution in [0.1, 0.15) is 20.9 Å². The van der Waals surface area contributed by atoms with Crippen LogP contribution in [-0.4, -0.2) is 18.0 Å². The number of methoxy groups -OCH3 is 1. The van der Waals surface area contributed by atoms with Gasteiger partial charge in [-0.1, -0.05) is 18.2 Å². The van der Waals surface area contributed by atoms with E-state index in [9.17, 15) is 18.0 Å². The molecule has 0 atom stereocenters. The Labute approximate surface area is 145 Å². The molecule has 0 fully saturated rings. The van der Waals surface area contributed by atoms with Crippen molar-refractivity contribution >= 4 is 27.5 Å². The molecule has 25 heavy (non-hydrogen) atoms. The van der Waals surface area contributed by atoms with Gasteiger partial charge in [0.2, 0.25) is 0 Å². The van der Waals surface area contributed by atoms with Crippen LogP contribution in [0, 0.1) is 0 Å². The SMILES string of the molecule is COc1ccccc1CNC(=O)c1ccc2nc(C(F)(F)F)sc2c1. The van der Waals surface area contributed by atoms with Gasteiger partial charge in [-0.15, -0.1) is 11.3 Å². The van der Waals surface area contributed by atoms with E-state index in [4.69, 9.17) is 4.74 Å². The fraction of sp³-hybridized carbons (Fsp3) is 0.176. The van der Waals surface area contributed by atoms with Crippen molar-refractivity contribution in [1.82, 2.24) is 10.3 Å². The highest BCUT2D eigenvalue weighted by atomic mass is 32.1. The van der Waals surface area contributed by atoms with Crippen LogP contribution in [0.25, 0.3) is 10.2 Å². The molecule has 1 N–H and O–H groups in total. The van der Waals surface area contributed by atoms with Crippen LogP contribution < -0.4 is 10.1 Å². The Balaban J connectivity index is 1.78. The van der Waals surface area contributed by atoms with Gasteiger partial charge >= 0.3 is 6.18 Å². The lowest BCUT2D eigenvalue weighted by molar-refractivity contribution is -0.137. The zero-order valence-electron chi connectivity index (χ0n) is 13.1. The second-order valence-electron chi connectivity index (χ2n) is 5.19. The Morgan fingerprint density at radius 3 is 2.72 bits per heavy atom. The van der Waals surface area contributed by atoms with E-state index in [1.807, 2.05) is 18.2 Å². The first-order valence-corrected chi connectivity index (χ1v) is 8.08. The number of thiazole rings is 1. The second-order valence-corrected chi connectivity index (χ2v) is 6.22. The predicted octanol–water partition coefficient (Wildman–Crippen LogP) is 4.25. The molecule has 8 heteroatoms. The molecule has 3 aromatic rings. The number of hydrogen-bond acceptors (Lipinski definition) is 4. The molecule has 0 radical (unpaired) electrons. The third kappa shape index (κ3) is 3.74. The second kappa shape index (κ2) is 6.72. The largest absolute Gasteiger partial charge is 0.496 e. The zero-order valence-corrected chi connectivity index (χ0v) is 13.9. The van der Waals surface area contributed by atoms with Crippen molar-refractivity contribution in [1.29, 1.82) is 0 Å². The molecule has 0 aliphatic heterocycles. The average molecular weight is 366 g/mol. The highest BCUT2D eigenvalue weighted by molar-refractivity contribution is 7.18. The van der Waals surface area contributed by atoms with Crippen molar-refractivity contribution in [3.8, 4) is 5.75 Å². The lowest BCUT2D eigenvalue weighted by Crippen LogP contribution is -2.22. The summed E-state index contributed by atoms with van der Waals surface area (Å²) in [6.45, 7) is 0.247. The first-order chi connectivity index (χ1) is 11.9. The minimum Gasteiger partial charge on any atom is -0.496 e. The van der Waals surface area contributed by atoms with Gasteiger partial charge in [0, 0.05) is 17.7 Å². The molecule has 0 saturated heterocycles. The topological polar surface area (TPSA) is 51.2 Å². The summed E-state index contributed by atoms with van der Waals surface area (Å²) in [6.07, 6.45) is -4.49. The van der Waals surface area contributed by atoms with E-state index in [0.717, 1.165) is 5.56 Å². The number of amides is 1. The summed E-state index contributed by atoms with van der Waals surface area (Å²) >= 11 is 0.520. The fourth-order valence-corrected chi connectivity index (χ4v) is 3.19. The van der Waals surface area contributed by atoms with Crippen LogP contribution in [0.15, 0.2) is 42.5 Å². The van der Waals surface area contributed by atoms with Crippen LogP contribution in [0.2, 0.25) is 0 Å². The smallest absolute Gasteiger partial charge is 0.443 e. The van der Waals surface area contributed by atoms with E-state index < -0.39 is 11.2 Å². The molecule has 0 unspecified atom stereocenters. The molecule has 1 aromatic heterocycles. The number of para-hydroxylation sites is 1. The van der Waals surface area contributed by atoms with Crippen LogP contribution >= 0.6 is 11.3 Å². The molecule has 4 nitrogen and oxygen atoms in total. The van der Waals surface area contributed by atoms with Gasteiger partial charge in [-0.25, -0.2) is 4.98 Å². The summed E-state index contributed by atoms with van der Waals surface area (Å²) in [4.78, 5) is 15.8. The summed E-state index contributed by atoms with van der Waals surface area (Å²) in [7, 11) is 1.54. The number of alkyl halides is 3. The number of carbonyl (C=O) groups is 1. The van der Waals surface area contributed by atoms with Gasteiger partial charge in [0.1, 0.15) is 5.75 Å². The van der Waals surface area contributed by atoms with E-state index in [2.05, 4.69) is 10.3 Å². The van der Waals surface area contributed by atoms with Gasteiger partial charge < -0.3 is 10.1 Å². The van der Waals surface area contributed by atoms with Gasteiger partial charge in [0.25, 0.3) is 5.91 Å². The molecular formula is C17H13F3N2O2S. The average Bonchev–Trinajstić information content (AvgIpc) is 3.03. The number of nitrogens with one attached hydrogen (secondary N) is 1. The summed E-state index contributed by atoms with van der Waals surface area (Å²) in [6, 6.07) is 11.5. The van der Waals surface area contributed by atoms with E-state index in [1.54, 1.807) is 6.07 Å². The minimum absolute atomic E-state index is 0.221. The summed E-state index contributed by atoms with van der Waals surface area (Å²) in [5.74, 6) is 0.269. The number of halogens is 3. The summed E-state index contributed by atoms with van der Waals surface area (Å²) in [5.41, 5.74) is 1.30. The number of rotatable bonds is 4. The van der Waals surface area contributed by atoms with Crippen molar-refractivity contribution in [2.24, 2.45) is 0 Å². The first-order valence-electron chi connectivity index (χ1n) is 7.26. The number of aromatic nitrogens is 1. The summed E-state index contributed by atoms with van der Waals surface area (Å²) in [5, 5.41) is 1.81. The minimum atomic E-state index is -4.49. The maximum Gasteiger partial charge on any atom is 0.443 e. The van der Waals surface area contributed by atoms with Crippen LogP contribution in [-0.2, 0) is 12.7 Å². The van der Waals surface area contributed by atoms with Gasteiger partial charge in [0.15, 0.2) is 5.01 Å². The standard InChI is InChI=1S/C17H13F3N2O2S/c1-24-13-5-3-2-4-11(13)9-21-15(23)10-6-7-12-14(8-10)25-16(22-12)17(18,19)20/h2-8H,9H2,1H3,(H,21,23). The van der Waals surface area contributed by atoms with Gasteiger partial charge in [0.05, 0.1) is 17.3 Å². The molecule has 0 bridgehead atoms. The molecule has 3 rings (SSSR count). The maximum atomic E-state index is 12.7. The molecule has 0 spiro atoms. The zero-order chi connectivity index (χ0) is 18.0. The highest BCUT2D eigenvalue weighted by Gasteiger charge is 2.34. The van der Waals surface area contributed by atoms with Gasteiger partial charge in [-0.2, -0.15) is 13.2 Å². The number of fused-ring (bicyclic) bond motifs is 1. The molecule has 1 heterocycles. The van der Waals surface area contributed by atoms with Crippen LogP contribution in [0.4, 0.5) is 13.2 Å². The van der Waals surface area contributed by atoms with Gasteiger partial charge in [-0.3, -0.25) is 4.79 Å². The third-order valence-corrected chi connectivity index (χ3v) is 4.59. The Morgan fingerprint density at radius 2 is 2.00 bits per heavy atom. The van der Waals surface area contributed by atoms with Crippen molar-refractivity contribution in [3.63, 3.8) is 0 Å². The first kappa shape index (κ1) is 17.2. The molecule has 2 aromatic carbocycles. The highest BCUT2D eigenvalue weighted by Crippen LogP contribution is 2.35. The number of benzene rings is 2. The number of hydrogen-bond donors (Lipinski definition) is 1. The van der Waals surface area contributed by atoms with Crippen molar-refractivity contribution in [2.75, 3.05) is 7.11 Å². The van der Waals surface area contributed by atoms with E-state index in [-0.39, 0.29) is 23.5 Å². The fourth-order valence-electron chi connectivity index (χ4n) is 2.31. The molecule has 0 aliphatic rings. The van der Waals surface area contributed by atoms with Crippen molar-refractivity contribution < 1.29 is 22.7 Å². The Kier molecular flexibility index (Phi) is 4.63. The van der Waals surface area contributed by atoms with E-state index >= 15 is 0 Å². The Bertz CT molecular complexity index is 922. The third-order valence-electron chi connectivity index (χ3n) is 3.53. The molecule has 0 saturated carbocycles. The van der Waals surface area contributed by atoms with E-state index in [0.29, 0.717) is 21.8 Å². The van der Waals surface area contributed by atoms with Gasteiger partial charge in [-0.05, 0) is 24.3 Å². The predicted molar refractivity (Wildman–Crippen MR) is 88.8 cm³/mol. The summed E-state index contributed by atoms with van der Waals surface area (Å²) < 4.78 is 43.7. The van der Waals surface area contributed by atoms with Crippen molar-refractivity contribution in [2.45, 2.75) is 12.7 Å². The number of carbonyl (C=O) groups excluding carboxylic acids is 1. The number of ether oxygens (including phenoxy) is 1. The number of nitrogens with zero attached hydrogens (tertiary/aromatic N) is 1. The van der Waals surface area contributed by atoms with Crippen molar-refractivity contribution in [3.05, 3.63) is 58.6 Å². The maximum absolute atomic E-state index is 12.7. The monoisotopic (exact) mass is 366 g/mol. The molecule has 130 valence electrons. The van der Waals surface area contributed by atoms with E-state index in [1.165, 1.54) is 25.3 Å².